The molecule has 7 nitrogen and oxygen atoms in total. The fraction of sp³-hybridized carbons (Fsp3) is 0.400. The molecule has 1 aromatic heterocycles. The maximum Gasteiger partial charge on any atom is 0.319 e. The van der Waals surface area contributed by atoms with Gasteiger partial charge in [0, 0.05) is 24.3 Å². The molecule has 0 saturated carbocycles. The van der Waals surface area contributed by atoms with Crippen LogP contribution in [-0.2, 0) is 0 Å². The van der Waals surface area contributed by atoms with Crippen molar-refractivity contribution in [2.24, 2.45) is 0 Å². The first-order valence-corrected chi connectivity index (χ1v) is 9.38. The van der Waals surface area contributed by atoms with Gasteiger partial charge in [-0.25, -0.2) is 4.79 Å². The fourth-order valence-corrected chi connectivity index (χ4v) is 3.28. The zero-order chi connectivity index (χ0) is 19.1. The average molecular weight is 370 g/mol. The Bertz CT molecular complexity index is 737. The first kappa shape index (κ1) is 19.0. The number of benzene rings is 1. The molecule has 0 radical (unpaired) electrons. The van der Waals surface area contributed by atoms with Crippen LogP contribution in [-0.4, -0.2) is 43.0 Å². The van der Waals surface area contributed by atoms with Crippen LogP contribution in [0, 0.1) is 0 Å². The van der Waals surface area contributed by atoms with Crippen LogP contribution in [0.4, 0.5) is 10.5 Å². The highest BCUT2D eigenvalue weighted by atomic mass is 16.3. The molecule has 2 heterocycles. The third kappa shape index (κ3) is 5.10. The summed E-state index contributed by atoms with van der Waals surface area (Å²) >= 11 is 0. The van der Waals surface area contributed by atoms with E-state index in [1.54, 1.807) is 30.5 Å². The molecule has 3 rings (SSSR count). The van der Waals surface area contributed by atoms with Crippen molar-refractivity contribution in [1.29, 1.82) is 0 Å². The number of likely N-dealkylation sites (tertiary alicyclic amines) is 1. The highest BCUT2D eigenvalue weighted by Crippen LogP contribution is 2.24. The van der Waals surface area contributed by atoms with Crippen molar-refractivity contribution in [3.63, 3.8) is 0 Å². The van der Waals surface area contributed by atoms with Crippen LogP contribution in [0.1, 0.15) is 41.9 Å². The fourth-order valence-electron chi connectivity index (χ4n) is 3.28. The van der Waals surface area contributed by atoms with Crippen LogP contribution in [0.25, 0.3) is 0 Å². The molecule has 1 atom stereocenters. The number of carbonyl (C=O) groups excluding carboxylic acids is 2. The zero-order valence-electron chi connectivity index (χ0n) is 15.5. The van der Waals surface area contributed by atoms with E-state index < -0.39 is 0 Å². The monoisotopic (exact) mass is 370 g/mol. The van der Waals surface area contributed by atoms with Gasteiger partial charge in [-0.3, -0.25) is 9.69 Å². The summed E-state index contributed by atoms with van der Waals surface area (Å²) in [5.74, 6) is 0.740. The Hall–Kier alpha value is -2.80. The Balaban J connectivity index is 1.54. The van der Waals surface area contributed by atoms with Crippen molar-refractivity contribution >= 4 is 17.6 Å². The molecule has 2 aromatic rings. The van der Waals surface area contributed by atoms with E-state index in [9.17, 15) is 9.59 Å². The lowest BCUT2D eigenvalue weighted by atomic mass is 10.2. The van der Waals surface area contributed by atoms with Crippen LogP contribution in [0.2, 0.25) is 0 Å². The number of carbonyl (C=O) groups is 2. The minimum Gasteiger partial charge on any atom is -0.468 e. The lowest BCUT2D eigenvalue weighted by molar-refractivity contribution is 0.0956. The number of rotatable bonds is 7. The van der Waals surface area contributed by atoms with E-state index in [0.29, 0.717) is 24.3 Å². The Morgan fingerprint density at radius 3 is 2.48 bits per heavy atom. The van der Waals surface area contributed by atoms with Crippen LogP contribution in [0.5, 0.6) is 0 Å². The van der Waals surface area contributed by atoms with Gasteiger partial charge in [0.2, 0.25) is 0 Å². The standard InChI is InChI=1S/C20H26N4O3/c1-2-21-19(25)15-7-9-16(10-8-15)23-20(26)22-14-17(18-6-5-13-27-18)24-11-3-4-12-24/h5-10,13,17H,2-4,11-12,14H2,1H3,(H,21,25)(H2,22,23,26). The largest absolute Gasteiger partial charge is 0.468 e. The van der Waals surface area contributed by atoms with Gasteiger partial charge in [-0.15, -0.1) is 0 Å². The molecule has 0 spiro atoms. The highest BCUT2D eigenvalue weighted by molar-refractivity contribution is 5.95. The van der Waals surface area contributed by atoms with E-state index in [2.05, 4.69) is 20.9 Å². The Morgan fingerprint density at radius 1 is 1.11 bits per heavy atom. The molecule has 3 N–H and O–H groups in total. The van der Waals surface area contributed by atoms with E-state index in [-0.39, 0.29) is 18.0 Å². The van der Waals surface area contributed by atoms with Crippen LogP contribution >= 0.6 is 0 Å². The third-order valence-corrected chi connectivity index (χ3v) is 4.65. The smallest absolute Gasteiger partial charge is 0.319 e. The highest BCUT2D eigenvalue weighted by Gasteiger charge is 2.25. The van der Waals surface area contributed by atoms with Gasteiger partial charge >= 0.3 is 6.03 Å². The summed E-state index contributed by atoms with van der Waals surface area (Å²) in [5, 5.41) is 8.47. The SMILES string of the molecule is CCNC(=O)c1ccc(NC(=O)NCC(c2ccco2)N2CCCC2)cc1. The number of hydrogen-bond donors (Lipinski definition) is 3. The number of amides is 3. The van der Waals surface area contributed by atoms with Gasteiger partial charge in [0.05, 0.1) is 12.3 Å². The van der Waals surface area contributed by atoms with E-state index >= 15 is 0 Å². The van der Waals surface area contributed by atoms with Gasteiger partial charge in [-0.2, -0.15) is 0 Å². The Morgan fingerprint density at radius 2 is 1.85 bits per heavy atom. The first-order chi connectivity index (χ1) is 13.2. The Kier molecular flexibility index (Phi) is 6.49. The summed E-state index contributed by atoms with van der Waals surface area (Å²) in [6.45, 7) is 4.94. The van der Waals surface area contributed by atoms with Gasteiger partial charge in [0.1, 0.15) is 5.76 Å². The van der Waals surface area contributed by atoms with E-state index in [1.165, 1.54) is 12.8 Å². The lowest BCUT2D eigenvalue weighted by Crippen LogP contribution is -2.38. The van der Waals surface area contributed by atoms with Gasteiger partial charge in [-0.1, -0.05) is 0 Å². The van der Waals surface area contributed by atoms with Crippen molar-refractivity contribution in [2.75, 3.05) is 31.5 Å². The number of hydrogen-bond acceptors (Lipinski definition) is 4. The quantitative estimate of drug-likeness (QED) is 0.699. The summed E-state index contributed by atoms with van der Waals surface area (Å²) in [6, 6.07) is 10.4. The minimum absolute atomic E-state index is 0.0355. The third-order valence-electron chi connectivity index (χ3n) is 4.65. The van der Waals surface area contributed by atoms with Crippen molar-refractivity contribution in [1.82, 2.24) is 15.5 Å². The van der Waals surface area contributed by atoms with E-state index in [0.717, 1.165) is 18.8 Å². The molecule has 1 aliphatic rings. The summed E-state index contributed by atoms with van der Waals surface area (Å²) in [4.78, 5) is 26.4. The molecule has 0 aliphatic carbocycles. The van der Waals surface area contributed by atoms with Crippen LogP contribution in [0.3, 0.4) is 0 Å². The second-order valence-electron chi connectivity index (χ2n) is 6.55. The summed E-state index contributed by atoms with van der Waals surface area (Å²) in [6.07, 6.45) is 4.00. The zero-order valence-corrected chi connectivity index (χ0v) is 15.5. The number of furan rings is 1. The topological polar surface area (TPSA) is 86.6 Å². The molecule has 1 aliphatic heterocycles. The van der Waals surface area contributed by atoms with Crippen molar-refractivity contribution in [3.05, 3.63) is 54.0 Å². The minimum atomic E-state index is -0.281. The molecule has 1 saturated heterocycles. The molecule has 1 unspecified atom stereocenters. The van der Waals surface area contributed by atoms with Gasteiger partial charge in [0.25, 0.3) is 5.91 Å². The maximum atomic E-state index is 12.3. The molecule has 27 heavy (non-hydrogen) atoms. The molecule has 3 amide bonds. The number of nitrogens with one attached hydrogen (secondary N) is 3. The predicted molar refractivity (Wildman–Crippen MR) is 104 cm³/mol. The summed E-state index contributed by atoms with van der Waals surface area (Å²) in [7, 11) is 0. The molecule has 144 valence electrons. The van der Waals surface area contributed by atoms with Crippen LogP contribution < -0.4 is 16.0 Å². The van der Waals surface area contributed by atoms with E-state index in [4.69, 9.17) is 4.42 Å². The predicted octanol–water partition coefficient (Wildman–Crippen LogP) is 2.99. The molecule has 1 fully saturated rings. The molecule has 0 bridgehead atoms. The summed E-state index contributed by atoms with van der Waals surface area (Å²) < 4.78 is 5.56. The van der Waals surface area contributed by atoms with Gasteiger partial charge in [0.15, 0.2) is 0 Å². The lowest BCUT2D eigenvalue weighted by Gasteiger charge is -2.26. The first-order valence-electron chi connectivity index (χ1n) is 9.38. The maximum absolute atomic E-state index is 12.3. The van der Waals surface area contributed by atoms with Crippen molar-refractivity contribution in [2.45, 2.75) is 25.8 Å². The average Bonchev–Trinajstić information content (AvgIpc) is 3.37. The van der Waals surface area contributed by atoms with Gasteiger partial charge in [-0.05, 0) is 69.3 Å². The van der Waals surface area contributed by atoms with Crippen molar-refractivity contribution < 1.29 is 14.0 Å². The normalized spacial score (nSPS) is 15.3. The molecule has 7 heteroatoms. The number of anilines is 1. The van der Waals surface area contributed by atoms with E-state index in [1.807, 2.05) is 19.1 Å². The summed E-state index contributed by atoms with van der Waals surface area (Å²) in [5.41, 5.74) is 1.20. The number of urea groups is 1. The molecule has 1 aromatic carbocycles. The molecular formula is C20H26N4O3. The second kappa shape index (κ2) is 9.23. The van der Waals surface area contributed by atoms with Gasteiger partial charge < -0.3 is 20.4 Å². The second-order valence-corrected chi connectivity index (χ2v) is 6.55. The Labute approximate surface area is 159 Å². The van der Waals surface area contributed by atoms with Crippen molar-refractivity contribution in [3.8, 4) is 0 Å². The van der Waals surface area contributed by atoms with Crippen LogP contribution in [0.15, 0.2) is 47.1 Å². The molecular weight excluding hydrogens is 344 g/mol. The number of nitrogens with zero attached hydrogens (tertiary/aromatic N) is 1.